The zero-order chi connectivity index (χ0) is 59.9. The van der Waals surface area contributed by atoms with Gasteiger partial charge in [0.05, 0.1) is 0 Å². The lowest BCUT2D eigenvalue weighted by molar-refractivity contribution is -0.167. The molecule has 1 atom stereocenters. The summed E-state index contributed by atoms with van der Waals surface area (Å²) in [7, 11) is 0. The average Bonchev–Trinajstić information content (AvgIpc) is 3.49. The van der Waals surface area contributed by atoms with Crippen LogP contribution in [0.25, 0.3) is 0 Å². The van der Waals surface area contributed by atoms with Crippen molar-refractivity contribution in [1.29, 1.82) is 0 Å². The molecular weight excluding hydrogens is 1020 g/mol. The summed E-state index contributed by atoms with van der Waals surface area (Å²) < 4.78 is 17.0. The summed E-state index contributed by atoms with van der Waals surface area (Å²) >= 11 is 0. The third-order valence-electron chi connectivity index (χ3n) is 17.8. The van der Waals surface area contributed by atoms with Crippen LogP contribution in [0.2, 0.25) is 0 Å². The van der Waals surface area contributed by atoms with Gasteiger partial charge in [-0.1, -0.05) is 392 Å². The molecule has 0 aromatic carbocycles. The van der Waals surface area contributed by atoms with E-state index < -0.39 is 6.10 Å². The Morgan fingerprint density at radius 2 is 0.398 bits per heavy atom. The molecule has 6 heteroatoms. The van der Waals surface area contributed by atoms with Gasteiger partial charge in [0.15, 0.2) is 6.10 Å². The maximum atomic E-state index is 12.9. The lowest BCUT2D eigenvalue weighted by Crippen LogP contribution is -2.30. The summed E-state index contributed by atoms with van der Waals surface area (Å²) in [4.78, 5) is 38.4. The predicted molar refractivity (Wildman–Crippen MR) is 363 cm³/mol. The molecule has 0 aliphatic heterocycles. The van der Waals surface area contributed by atoms with Gasteiger partial charge < -0.3 is 14.2 Å². The number of allylic oxidation sites excluding steroid dienone is 2. The summed E-state index contributed by atoms with van der Waals surface area (Å²) in [5, 5.41) is 0. The molecule has 83 heavy (non-hydrogen) atoms. The summed E-state index contributed by atoms with van der Waals surface area (Å²) in [5.41, 5.74) is 0. The molecule has 0 radical (unpaired) electrons. The summed E-state index contributed by atoms with van der Waals surface area (Å²) in [5.74, 6) is -0.822. The van der Waals surface area contributed by atoms with Crippen molar-refractivity contribution in [2.45, 2.75) is 451 Å². The Morgan fingerprint density at radius 3 is 0.602 bits per heavy atom. The van der Waals surface area contributed by atoms with Crippen LogP contribution in [-0.2, 0) is 28.6 Å². The zero-order valence-electron chi connectivity index (χ0n) is 56.8. The van der Waals surface area contributed by atoms with Gasteiger partial charge in [-0.2, -0.15) is 0 Å². The average molecular weight is 1170 g/mol. The SMILES string of the molecule is CCCCCCCCCC/C=C\CCCCCCCCCCCCCCCCCCCCCCCCCC(=O)OCC(COC(=O)CCCCCCCCCCCCCCCC)OC(=O)CCCCCCCCCCCCCCCCCC. The number of hydrogen-bond acceptors (Lipinski definition) is 6. The van der Waals surface area contributed by atoms with Gasteiger partial charge in [0.25, 0.3) is 0 Å². The molecule has 0 aromatic rings. The molecule has 492 valence electrons. The Hall–Kier alpha value is -1.85. The standard InChI is InChI=1S/C77H148O6/c1-4-7-10-13-16-19-22-25-28-30-31-32-33-34-35-36-37-38-39-40-41-42-43-44-45-46-47-48-50-52-55-58-61-64-67-70-76(79)82-73-74(72-81-75(78)69-66-63-60-57-54-51-27-24-21-18-15-12-9-6-3)83-77(80)71-68-65-62-59-56-53-49-29-26-23-20-17-14-11-8-5-2/h30-31,74H,4-29,32-73H2,1-3H3/b31-30-. The molecule has 0 saturated carbocycles. The smallest absolute Gasteiger partial charge is 0.306 e. The third-order valence-corrected chi connectivity index (χ3v) is 17.8. The zero-order valence-corrected chi connectivity index (χ0v) is 56.8. The van der Waals surface area contributed by atoms with Crippen molar-refractivity contribution in [1.82, 2.24) is 0 Å². The van der Waals surface area contributed by atoms with Crippen LogP contribution in [0.4, 0.5) is 0 Å². The molecule has 0 aliphatic rings. The van der Waals surface area contributed by atoms with Gasteiger partial charge in [-0.05, 0) is 44.9 Å². The van der Waals surface area contributed by atoms with Crippen LogP contribution in [0, 0.1) is 0 Å². The minimum atomic E-state index is -0.764. The van der Waals surface area contributed by atoms with Crippen LogP contribution in [0.3, 0.4) is 0 Å². The van der Waals surface area contributed by atoms with Gasteiger partial charge in [-0.15, -0.1) is 0 Å². The monoisotopic (exact) mass is 1170 g/mol. The first-order valence-corrected chi connectivity index (χ1v) is 38.2. The fourth-order valence-corrected chi connectivity index (χ4v) is 12.0. The molecule has 0 rings (SSSR count). The maximum absolute atomic E-state index is 12.9. The Bertz CT molecular complexity index is 1300. The first-order chi connectivity index (χ1) is 41.0. The van der Waals surface area contributed by atoms with E-state index in [-0.39, 0.29) is 31.1 Å². The van der Waals surface area contributed by atoms with E-state index in [1.54, 1.807) is 0 Å². The number of carbonyl (C=O) groups is 3. The van der Waals surface area contributed by atoms with E-state index in [2.05, 4.69) is 32.9 Å². The van der Waals surface area contributed by atoms with E-state index in [0.717, 1.165) is 57.8 Å². The summed E-state index contributed by atoms with van der Waals surface area (Å²) in [6.07, 6.45) is 88.5. The van der Waals surface area contributed by atoms with Crippen LogP contribution in [0.15, 0.2) is 12.2 Å². The van der Waals surface area contributed by atoms with Gasteiger partial charge in [-0.3, -0.25) is 14.4 Å². The van der Waals surface area contributed by atoms with Crippen LogP contribution in [0.1, 0.15) is 445 Å². The van der Waals surface area contributed by atoms with E-state index in [0.29, 0.717) is 19.3 Å². The number of ether oxygens (including phenoxy) is 3. The van der Waals surface area contributed by atoms with Gasteiger partial charge in [0, 0.05) is 19.3 Å². The quantitative estimate of drug-likeness (QED) is 0.0261. The molecule has 0 aromatic heterocycles. The lowest BCUT2D eigenvalue weighted by atomic mass is 10.0. The highest BCUT2D eigenvalue weighted by Crippen LogP contribution is 2.20. The van der Waals surface area contributed by atoms with Gasteiger partial charge in [0.1, 0.15) is 13.2 Å². The number of unbranched alkanes of at least 4 members (excludes halogenated alkanes) is 59. The summed E-state index contributed by atoms with van der Waals surface area (Å²) in [6.45, 7) is 6.73. The van der Waals surface area contributed by atoms with E-state index in [4.69, 9.17) is 14.2 Å². The number of esters is 3. The number of carbonyl (C=O) groups excluding carboxylic acids is 3. The topological polar surface area (TPSA) is 78.9 Å². The minimum absolute atomic E-state index is 0.0613. The normalized spacial score (nSPS) is 12.0. The summed E-state index contributed by atoms with van der Waals surface area (Å²) in [6, 6.07) is 0. The van der Waals surface area contributed by atoms with Gasteiger partial charge >= 0.3 is 17.9 Å². The minimum Gasteiger partial charge on any atom is -0.462 e. The highest BCUT2D eigenvalue weighted by atomic mass is 16.6. The highest BCUT2D eigenvalue weighted by molar-refractivity contribution is 5.71. The van der Waals surface area contributed by atoms with Crippen molar-refractivity contribution >= 4 is 17.9 Å². The molecule has 0 bridgehead atoms. The molecule has 0 N–H and O–H groups in total. The molecule has 1 unspecified atom stereocenters. The Labute approximate surface area is 520 Å². The molecule has 0 spiro atoms. The molecular formula is C77H148O6. The van der Waals surface area contributed by atoms with E-state index in [1.165, 1.54) is 347 Å². The van der Waals surface area contributed by atoms with E-state index in [9.17, 15) is 14.4 Å². The fourth-order valence-electron chi connectivity index (χ4n) is 12.0. The molecule has 0 fully saturated rings. The third kappa shape index (κ3) is 70.8. The maximum Gasteiger partial charge on any atom is 0.306 e. The number of hydrogen-bond donors (Lipinski definition) is 0. The van der Waals surface area contributed by atoms with Crippen LogP contribution >= 0.6 is 0 Å². The first kappa shape index (κ1) is 81.2. The first-order valence-electron chi connectivity index (χ1n) is 38.2. The van der Waals surface area contributed by atoms with Crippen molar-refractivity contribution in [2.24, 2.45) is 0 Å². The molecule has 0 heterocycles. The predicted octanol–water partition coefficient (Wildman–Crippen LogP) is 26.3. The fraction of sp³-hybridized carbons (Fsp3) is 0.935. The van der Waals surface area contributed by atoms with E-state index >= 15 is 0 Å². The van der Waals surface area contributed by atoms with Gasteiger partial charge in [-0.25, -0.2) is 0 Å². The molecule has 0 aliphatic carbocycles. The van der Waals surface area contributed by atoms with Crippen molar-refractivity contribution in [2.75, 3.05) is 13.2 Å². The lowest BCUT2D eigenvalue weighted by Gasteiger charge is -2.18. The van der Waals surface area contributed by atoms with E-state index in [1.807, 2.05) is 0 Å². The number of rotatable bonds is 72. The van der Waals surface area contributed by atoms with Gasteiger partial charge in [0.2, 0.25) is 0 Å². The highest BCUT2D eigenvalue weighted by Gasteiger charge is 2.20. The Kier molecular flexibility index (Phi) is 71.0. The second-order valence-electron chi connectivity index (χ2n) is 26.3. The van der Waals surface area contributed by atoms with Crippen molar-refractivity contribution in [3.63, 3.8) is 0 Å². The second-order valence-corrected chi connectivity index (χ2v) is 26.3. The molecule has 6 nitrogen and oxygen atoms in total. The van der Waals surface area contributed by atoms with Crippen LogP contribution in [-0.4, -0.2) is 37.2 Å². The van der Waals surface area contributed by atoms with Crippen LogP contribution < -0.4 is 0 Å². The largest absolute Gasteiger partial charge is 0.462 e. The second kappa shape index (κ2) is 72.6. The molecule has 0 amide bonds. The van der Waals surface area contributed by atoms with Crippen molar-refractivity contribution in [3.05, 3.63) is 12.2 Å². The molecule has 0 saturated heterocycles. The Morgan fingerprint density at radius 1 is 0.229 bits per heavy atom. The van der Waals surface area contributed by atoms with Crippen LogP contribution in [0.5, 0.6) is 0 Å². The van der Waals surface area contributed by atoms with Crippen molar-refractivity contribution in [3.8, 4) is 0 Å². The Balaban J connectivity index is 4.04. The van der Waals surface area contributed by atoms with Crippen molar-refractivity contribution < 1.29 is 28.6 Å².